The summed E-state index contributed by atoms with van der Waals surface area (Å²) in [4.78, 5) is 0.172. The Morgan fingerprint density at radius 2 is 2.04 bits per heavy atom. The molecule has 1 aromatic heterocycles. The molecule has 1 aliphatic rings. The molecule has 6 nitrogen and oxygen atoms in total. The average molecular weight is 349 g/mol. The highest BCUT2D eigenvalue weighted by molar-refractivity contribution is 7.89. The van der Waals surface area contributed by atoms with Gasteiger partial charge in [0.05, 0.1) is 18.9 Å². The zero-order valence-electron chi connectivity index (χ0n) is 13.8. The van der Waals surface area contributed by atoms with Crippen LogP contribution >= 0.6 is 0 Å². The van der Waals surface area contributed by atoms with Crippen LogP contribution in [0.4, 0.5) is 0 Å². The highest BCUT2D eigenvalue weighted by Crippen LogP contribution is 2.22. The summed E-state index contributed by atoms with van der Waals surface area (Å²) >= 11 is 0. The molecular weight excluding hydrogens is 326 g/mol. The molecule has 0 spiro atoms. The average Bonchev–Trinajstić information content (AvgIpc) is 3.23. The second kappa shape index (κ2) is 7.46. The first-order chi connectivity index (χ1) is 11.5. The first kappa shape index (κ1) is 17.1. The molecule has 2 aromatic rings. The minimum atomic E-state index is -3.54. The third-order valence-electron chi connectivity index (χ3n) is 4.24. The van der Waals surface area contributed by atoms with Crippen molar-refractivity contribution in [3.05, 3.63) is 47.8 Å². The van der Waals surface area contributed by atoms with E-state index in [1.807, 2.05) is 24.3 Å². The molecule has 0 unspecified atom stereocenters. The molecule has 1 aliphatic carbocycles. The van der Waals surface area contributed by atoms with Gasteiger partial charge in [-0.05, 0) is 24.0 Å². The van der Waals surface area contributed by atoms with Crippen LogP contribution in [0.25, 0.3) is 0 Å². The number of aromatic nitrogens is 2. The van der Waals surface area contributed by atoms with Gasteiger partial charge in [0.15, 0.2) is 0 Å². The summed E-state index contributed by atoms with van der Waals surface area (Å²) in [6.45, 7) is 0.822. The topological polar surface area (TPSA) is 73.2 Å². The molecule has 0 bridgehead atoms. The Morgan fingerprint density at radius 1 is 1.29 bits per heavy atom. The largest absolute Gasteiger partial charge is 0.374 e. The van der Waals surface area contributed by atoms with Crippen molar-refractivity contribution < 1.29 is 13.2 Å². The summed E-state index contributed by atoms with van der Waals surface area (Å²) in [7, 11) is -1.85. The van der Waals surface area contributed by atoms with Crippen molar-refractivity contribution in [3.8, 4) is 0 Å². The van der Waals surface area contributed by atoms with Gasteiger partial charge in [0.25, 0.3) is 0 Å². The third kappa shape index (κ3) is 4.43. The van der Waals surface area contributed by atoms with Crippen molar-refractivity contribution in [1.82, 2.24) is 14.5 Å². The molecule has 24 heavy (non-hydrogen) atoms. The third-order valence-corrected chi connectivity index (χ3v) is 5.59. The Morgan fingerprint density at radius 3 is 2.75 bits per heavy atom. The van der Waals surface area contributed by atoms with Crippen LogP contribution in [0.3, 0.4) is 0 Å². The van der Waals surface area contributed by atoms with Crippen molar-refractivity contribution in [3.63, 3.8) is 0 Å². The second-order valence-electron chi connectivity index (χ2n) is 6.21. The lowest BCUT2D eigenvalue weighted by atomic mass is 10.1. The van der Waals surface area contributed by atoms with Gasteiger partial charge in [0, 0.05) is 19.8 Å². The Kier molecular flexibility index (Phi) is 5.33. The summed E-state index contributed by atoms with van der Waals surface area (Å²) < 4.78 is 34.4. The van der Waals surface area contributed by atoms with E-state index >= 15 is 0 Å². The molecule has 0 saturated heterocycles. The van der Waals surface area contributed by atoms with E-state index in [-0.39, 0.29) is 11.4 Å². The van der Waals surface area contributed by atoms with Crippen LogP contribution in [0.15, 0.2) is 41.6 Å². The van der Waals surface area contributed by atoms with Crippen LogP contribution < -0.4 is 4.72 Å². The van der Waals surface area contributed by atoms with E-state index in [2.05, 4.69) is 9.82 Å². The number of ether oxygens (including phenoxy) is 1. The number of hydrogen-bond acceptors (Lipinski definition) is 4. The van der Waals surface area contributed by atoms with Gasteiger partial charge < -0.3 is 4.74 Å². The minimum Gasteiger partial charge on any atom is -0.374 e. The van der Waals surface area contributed by atoms with Gasteiger partial charge in [-0.15, -0.1) is 0 Å². The lowest BCUT2D eigenvalue weighted by Gasteiger charge is -2.12. The molecule has 1 heterocycles. The van der Waals surface area contributed by atoms with Gasteiger partial charge in [-0.2, -0.15) is 5.10 Å². The number of sulfonamides is 1. The zero-order valence-corrected chi connectivity index (χ0v) is 14.6. The Bertz CT molecular complexity index is 780. The van der Waals surface area contributed by atoms with Crippen molar-refractivity contribution in [2.24, 2.45) is 7.05 Å². The summed E-state index contributed by atoms with van der Waals surface area (Å²) in [5.41, 5.74) is 1.98. The second-order valence-corrected chi connectivity index (χ2v) is 7.98. The highest BCUT2D eigenvalue weighted by atomic mass is 32.2. The maximum absolute atomic E-state index is 12.2. The highest BCUT2D eigenvalue weighted by Gasteiger charge is 2.16. The quantitative estimate of drug-likeness (QED) is 0.833. The van der Waals surface area contributed by atoms with Crippen LogP contribution in [0.2, 0.25) is 0 Å². The van der Waals surface area contributed by atoms with E-state index in [0.29, 0.717) is 12.7 Å². The molecule has 7 heteroatoms. The summed E-state index contributed by atoms with van der Waals surface area (Å²) in [6, 6.07) is 7.83. The van der Waals surface area contributed by atoms with E-state index in [4.69, 9.17) is 4.74 Å². The predicted molar refractivity (Wildman–Crippen MR) is 90.7 cm³/mol. The van der Waals surface area contributed by atoms with Crippen molar-refractivity contribution >= 4 is 10.0 Å². The van der Waals surface area contributed by atoms with Gasteiger partial charge >= 0.3 is 0 Å². The molecule has 0 radical (unpaired) electrons. The summed E-state index contributed by atoms with van der Waals surface area (Å²) in [5, 5.41) is 3.90. The van der Waals surface area contributed by atoms with Gasteiger partial charge in [0.1, 0.15) is 4.90 Å². The van der Waals surface area contributed by atoms with Crippen molar-refractivity contribution in [2.75, 3.05) is 0 Å². The maximum atomic E-state index is 12.2. The van der Waals surface area contributed by atoms with E-state index in [1.165, 1.54) is 29.9 Å². The van der Waals surface area contributed by atoms with Crippen molar-refractivity contribution in [2.45, 2.75) is 49.8 Å². The van der Waals surface area contributed by atoms with E-state index in [9.17, 15) is 8.42 Å². The number of aryl methyl sites for hydroxylation is 1. The van der Waals surface area contributed by atoms with Crippen LogP contribution in [-0.2, 0) is 35.0 Å². The van der Waals surface area contributed by atoms with Crippen LogP contribution in [0, 0.1) is 0 Å². The first-order valence-electron chi connectivity index (χ1n) is 8.21. The summed E-state index contributed by atoms with van der Waals surface area (Å²) in [5.74, 6) is 0. The Balaban J connectivity index is 1.58. The number of nitrogens with one attached hydrogen (secondary N) is 1. The van der Waals surface area contributed by atoms with Gasteiger partial charge in [0.2, 0.25) is 10.0 Å². The minimum absolute atomic E-state index is 0.172. The number of nitrogens with zero attached hydrogens (tertiary/aromatic N) is 2. The molecule has 1 saturated carbocycles. The molecule has 0 atom stereocenters. The molecule has 3 rings (SSSR count). The lowest BCUT2D eigenvalue weighted by molar-refractivity contribution is 0.0456. The van der Waals surface area contributed by atoms with Gasteiger partial charge in [-0.1, -0.05) is 37.1 Å². The molecular formula is C17H23N3O3S. The fourth-order valence-corrected chi connectivity index (χ4v) is 3.90. The monoisotopic (exact) mass is 349 g/mol. The number of hydrogen-bond donors (Lipinski definition) is 1. The van der Waals surface area contributed by atoms with Crippen molar-refractivity contribution in [1.29, 1.82) is 0 Å². The summed E-state index contributed by atoms with van der Waals surface area (Å²) in [6.07, 6.45) is 7.98. The molecule has 0 amide bonds. The molecule has 130 valence electrons. The fraction of sp³-hybridized carbons (Fsp3) is 0.471. The zero-order chi connectivity index (χ0) is 17.0. The Hall–Kier alpha value is -1.70. The molecule has 0 aliphatic heterocycles. The van der Waals surface area contributed by atoms with E-state index < -0.39 is 10.0 Å². The molecule has 1 N–H and O–H groups in total. The smallest absolute Gasteiger partial charge is 0.243 e. The predicted octanol–water partition coefficient (Wildman–Crippen LogP) is 2.36. The molecule has 1 aromatic carbocycles. The maximum Gasteiger partial charge on any atom is 0.243 e. The Labute approximate surface area is 142 Å². The van der Waals surface area contributed by atoms with E-state index in [1.54, 1.807) is 7.05 Å². The standard InChI is InChI=1S/C17H23N3O3S/c1-20-12-17(11-18-20)24(21,22)19-10-14-5-4-6-15(9-14)13-23-16-7-2-3-8-16/h4-6,9,11-12,16,19H,2-3,7-8,10,13H2,1H3. The van der Waals surface area contributed by atoms with Crippen LogP contribution in [0.1, 0.15) is 36.8 Å². The fourth-order valence-electron chi connectivity index (χ4n) is 2.90. The first-order valence-corrected chi connectivity index (χ1v) is 9.69. The van der Waals surface area contributed by atoms with Gasteiger partial charge in [-0.3, -0.25) is 4.68 Å². The van der Waals surface area contributed by atoms with Crippen LogP contribution in [0.5, 0.6) is 0 Å². The van der Waals surface area contributed by atoms with E-state index in [0.717, 1.165) is 24.0 Å². The molecule has 1 fully saturated rings. The number of benzene rings is 1. The lowest BCUT2D eigenvalue weighted by Crippen LogP contribution is -2.23. The van der Waals surface area contributed by atoms with Gasteiger partial charge in [-0.25, -0.2) is 13.1 Å². The number of rotatable bonds is 7. The van der Waals surface area contributed by atoms with Crippen LogP contribution in [-0.4, -0.2) is 24.3 Å². The normalized spacial score (nSPS) is 15.9. The SMILES string of the molecule is Cn1cc(S(=O)(=O)NCc2cccc(COC3CCCC3)c2)cn1.